The molecule has 0 saturated heterocycles. The normalized spacial score (nSPS) is 13.6. The number of amidine groups is 1. The van der Waals surface area contributed by atoms with Gasteiger partial charge in [0.05, 0.1) is 5.54 Å². The van der Waals surface area contributed by atoms with Gasteiger partial charge >= 0.3 is 0 Å². The van der Waals surface area contributed by atoms with Crippen molar-refractivity contribution in [3.05, 3.63) is 0 Å². The molecule has 0 spiro atoms. The van der Waals surface area contributed by atoms with Gasteiger partial charge in [0.2, 0.25) is 0 Å². The van der Waals surface area contributed by atoms with Crippen LogP contribution in [0.2, 0.25) is 0 Å². The summed E-state index contributed by atoms with van der Waals surface area (Å²) in [4.78, 5) is 4.48. The van der Waals surface area contributed by atoms with Crippen LogP contribution in [0.25, 0.3) is 0 Å². The zero-order chi connectivity index (χ0) is 10.5. The molecule has 0 fully saturated rings. The average Bonchev–Trinajstić information content (AvgIpc) is 1.95. The molecule has 0 bridgehead atoms. The smallest absolute Gasteiger partial charge is 0.111 e. The molecule has 0 radical (unpaired) electrons. The van der Waals surface area contributed by atoms with Crippen molar-refractivity contribution >= 4 is 5.84 Å². The van der Waals surface area contributed by atoms with Crippen LogP contribution < -0.4 is 11.3 Å². The molecule has 0 heterocycles. The Labute approximate surface area is 81.8 Å². The van der Waals surface area contributed by atoms with Crippen molar-refractivity contribution in [2.24, 2.45) is 16.8 Å². The van der Waals surface area contributed by atoms with E-state index >= 15 is 0 Å². The number of hydrogen-bond donors (Lipinski definition) is 2. The predicted molar refractivity (Wildman–Crippen MR) is 58.6 cm³/mol. The Morgan fingerprint density at radius 1 is 1.38 bits per heavy atom. The summed E-state index contributed by atoms with van der Waals surface area (Å²) < 4.78 is 0. The van der Waals surface area contributed by atoms with Crippen LogP contribution in [0.4, 0.5) is 0 Å². The Kier molecular flexibility index (Phi) is 4.99. The minimum Gasteiger partial charge on any atom is -0.312 e. The molecule has 3 N–H and O–H groups in total. The lowest BCUT2D eigenvalue weighted by atomic mass is 10.1. The molecule has 0 saturated carbocycles. The van der Waals surface area contributed by atoms with Crippen molar-refractivity contribution in [2.45, 2.75) is 53.0 Å². The lowest BCUT2D eigenvalue weighted by Gasteiger charge is -2.16. The lowest BCUT2D eigenvalue weighted by molar-refractivity contribution is 0.562. The molecule has 0 aromatic carbocycles. The summed E-state index contributed by atoms with van der Waals surface area (Å²) in [6, 6.07) is 0. The number of aliphatic imine (C=N–C) groups is 1. The standard InChI is InChI=1S/C10H23N3/c1-8(2)6-7-9(13-11)12-10(3,4)5/h8H,6-7,11H2,1-5H3,(H,12,13). The maximum absolute atomic E-state index is 5.39. The monoisotopic (exact) mass is 185 g/mol. The van der Waals surface area contributed by atoms with Gasteiger partial charge in [0, 0.05) is 6.42 Å². The number of hydrogen-bond acceptors (Lipinski definition) is 2. The van der Waals surface area contributed by atoms with Gasteiger partial charge in [-0.3, -0.25) is 4.99 Å². The van der Waals surface area contributed by atoms with E-state index in [0.717, 1.165) is 18.7 Å². The summed E-state index contributed by atoms with van der Waals surface area (Å²) in [5, 5.41) is 0. The summed E-state index contributed by atoms with van der Waals surface area (Å²) in [7, 11) is 0. The molecule has 0 aromatic heterocycles. The number of nitrogens with zero attached hydrogens (tertiary/aromatic N) is 1. The highest BCUT2D eigenvalue weighted by Crippen LogP contribution is 2.09. The van der Waals surface area contributed by atoms with Crippen LogP contribution in [0.5, 0.6) is 0 Å². The SMILES string of the molecule is CC(C)CCC(=NC(C)(C)C)NN. The van der Waals surface area contributed by atoms with Crippen molar-refractivity contribution in [1.82, 2.24) is 5.43 Å². The second-order valence-electron chi connectivity index (χ2n) is 4.81. The van der Waals surface area contributed by atoms with E-state index in [4.69, 9.17) is 5.84 Å². The molecule has 78 valence electrons. The molecular formula is C10H23N3. The molecule has 0 unspecified atom stereocenters. The zero-order valence-corrected chi connectivity index (χ0v) is 9.52. The highest BCUT2D eigenvalue weighted by molar-refractivity contribution is 5.81. The second-order valence-corrected chi connectivity index (χ2v) is 4.81. The number of hydrazine groups is 1. The zero-order valence-electron chi connectivity index (χ0n) is 9.52. The van der Waals surface area contributed by atoms with Gasteiger partial charge < -0.3 is 5.43 Å². The Balaban J connectivity index is 4.10. The average molecular weight is 185 g/mol. The quantitative estimate of drug-likeness (QED) is 0.306. The molecule has 13 heavy (non-hydrogen) atoms. The fourth-order valence-electron chi connectivity index (χ4n) is 0.991. The lowest BCUT2D eigenvalue weighted by Crippen LogP contribution is -2.33. The van der Waals surface area contributed by atoms with Crippen LogP contribution in [0.15, 0.2) is 4.99 Å². The van der Waals surface area contributed by atoms with Gasteiger partial charge in [-0.25, -0.2) is 5.84 Å². The highest BCUT2D eigenvalue weighted by atomic mass is 15.3. The van der Waals surface area contributed by atoms with Crippen LogP contribution in [-0.4, -0.2) is 11.4 Å². The molecule has 3 nitrogen and oxygen atoms in total. The molecule has 0 aliphatic rings. The first-order valence-corrected chi connectivity index (χ1v) is 4.90. The molecular weight excluding hydrogens is 162 g/mol. The van der Waals surface area contributed by atoms with Crippen LogP contribution in [0, 0.1) is 5.92 Å². The fourth-order valence-corrected chi connectivity index (χ4v) is 0.991. The van der Waals surface area contributed by atoms with Gasteiger partial charge in [-0.1, -0.05) is 13.8 Å². The van der Waals surface area contributed by atoms with E-state index in [1.807, 2.05) is 0 Å². The van der Waals surface area contributed by atoms with E-state index in [1.165, 1.54) is 0 Å². The van der Waals surface area contributed by atoms with E-state index in [1.54, 1.807) is 0 Å². The summed E-state index contributed by atoms with van der Waals surface area (Å²) >= 11 is 0. The van der Waals surface area contributed by atoms with Crippen LogP contribution in [-0.2, 0) is 0 Å². The van der Waals surface area contributed by atoms with Gasteiger partial charge in [0.1, 0.15) is 5.84 Å². The number of rotatable bonds is 3. The topological polar surface area (TPSA) is 50.4 Å². The van der Waals surface area contributed by atoms with E-state index in [2.05, 4.69) is 45.0 Å². The summed E-state index contributed by atoms with van der Waals surface area (Å²) in [5.41, 5.74) is 2.62. The second kappa shape index (κ2) is 5.22. The molecule has 0 aliphatic heterocycles. The first kappa shape index (κ1) is 12.4. The largest absolute Gasteiger partial charge is 0.312 e. The molecule has 0 aromatic rings. The molecule has 3 heteroatoms. The first-order valence-electron chi connectivity index (χ1n) is 4.90. The highest BCUT2D eigenvalue weighted by Gasteiger charge is 2.09. The summed E-state index contributed by atoms with van der Waals surface area (Å²) in [6.45, 7) is 10.6. The van der Waals surface area contributed by atoms with Crippen LogP contribution in [0.1, 0.15) is 47.5 Å². The van der Waals surface area contributed by atoms with Crippen LogP contribution in [0.3, 0.4) is 0 Å². The van der Waals surface area contributed by atoms with Crippen molar-refractivity contribution in [1.29, 1.82) is 0 Å². The minimum atomic E-state index is -0.0430. The van der Waals surface area contributed by atoms with Gasteiger partial charge in [-0.05, 0) is 33.1 Å². The third-order valence-corrected chi connectivity index (χ3v) is 1.60. The summed E-state index contributed by atoms with van der Waals surface area (Å²) in [5.74, 6) is 6.98. The molecule has 0 atom stereocenters. The van der Waals surface area contributed by atoms with Gasteiger partial charge in [0.25, 0.3) is 0 Å². The van der Waals surface area contributed by atoms with E-state index in [9.17, 15) is 0 Å². The third-order valence-electron chi connectivity index (χ3n) is 1.60. The number of nitrogens with one attached hydrogen (secondary N) is 1. The number of nitrogens with two attached hydrogens (primary N) is 1. The molecule has 0 amide bonds. The van der Waals surface area contributed by atoms with Gasteiger partial charge in [0.15, 0.2) is 0 Å². The Bertz CT molecular complexity index is 165. The van der Waals surface area contributed by atoms with E-state index < -0.39 is 0 Å². The first-order chi connectivity index (χ1) is 5.85. The van der Waals surface area contributed by atoms with Crippen molar-refractivity contribution in [2.75, 3.05) is 0 Å². The Morgan fingerprint density at radius 2 is 1.92 bits per heavy atom. The molecule has 0 aliphatic carbocycles. The Morgan fingerprint density at radius 3 is 2.23 bits per heavy atom. The van der Waals surface area contributed by atoms with Gasteiger partial charge in [-0.15, -0.1) is 0 Å². The van der Waals surface area contributed by atoms with Crippen LogP contribution >= 0.6 is 0 Å². The van der Waals surface area contributed by atoms with Gasteiger partial charge in [-0.2, -0.15) is 0 Å². The van der Waals surface area contributed by atoms with Crippen molar-refractivity contribution < 1.29 is 0 Å². The minimum absolute atomic E-state index is 0.0430. The fraction of sp³-hybridized carbons (Fsp3) is 0.900. The van der Waals surface area contributed by atoms with E-state index in [0.29, 0.717) is 5.92 Å². The predicted octanol–water partition coefficient (Wildman–Crippen LogP) is 2.08. The van der Waals surface area contributed by atoms with E-state index in [-0.39, 0.29) is 5.54 Å². The van der Waals surface area contributed by atoms with Crippen molar-refractivity contribution in [3.8, 4) is 0 Å². The third kappa shape index (κ3) is 7.78. The maximum atomic E-state index is 5.39. The van der Waals surface area contributed by atoms with Crippen molar-refractivity contribution in [3.63, 3.8) is 0 Å². The molecule has 0 rings (SSSR count). The maximum Gasteiger partial charge on any atom is 0.111 e. The summed E-state index contributed by atoms with van der Waals surface area (Å²) in [6.07, 6.45) is 2.06. The Hall–Kier alpha value is -0.570.